The molecular weight excluding hydrogens is 204 g/mol. The molecule has 16 heavy (non-hydrogen) atoms. The summed E-state index contributed by atoms with van der Waals surface area (Å²) in [5.74, 6) is -0.951. The minimum atomic E-state index is -0.951. The van der Waals surface area contributed by atoms with Crippen molar-refractivity contribution in [3.63, 3.8) is 0 Å². The Morgan fingerprint density at radius 3 is 2.38 bits per heavy atom. The zero-order chi connectivity index (χ0) is 12.2. The predicted molar refractivity (Wildman–Crippen MR) is 62.3 cm³/mol. The van der Waals surface area contributed by atoms with Crippen molar-refractivity contribution in [3.05, 3.63) is 35.9 Å². The van der Waals surface area contributed by atoms with Crippen molar-refractivity contribution in [2.24, 2.45) is 0 Å². The van der Waals surface area contributed by atoms with E-state index in [-0.39, 0.29) is 0 Å². The first-order chi connectivity index (χ1) is 7.46. The molecule has 0 aliphatic rings. The van der Waals surface area contributed by atoms with Crippen LogP contribution in [-0.2, 0) is 9.53 Å². The number of hydrogen-bond donors (Lipinski definition) is 1. The lowest BCUT2D eigenvalue weighted by molar-refractivity contribution is -0.162. The van der Waals surface area contributed by atoms with Crippen molar-refractivity contribution in [1.82, 2.24) is 0 Å². The largest absolute Gasteiger partial charge is 0.479 e. The molecular formula is C13H18O3. The van der Waals surface area contributed by atoms with Gasteiger partial charge >= 0.3 is 5.97 Å². The number of ether oxygens (including phenoxy) is 1. The highest BCUT2D eigenvalue weighted by molar-refractivity contribution is 5.74. The second-order valence-electron chi connectivity index (χ2n) is 4.36. The van der Waals surface area contributed by atoms with Gasteiger partial charge in [-0.25, -0.2) is 4.79 Å². The summed E-state index contributed by atoms with van der Waals surface area (Å²) < 4.78 is 5.64. The Bertz CT molecular complexity index is 343. The summed E-state index contributed by atoms with van der Waals surface area (Å²) in [6, 6.07) is 9.02. The summed E-state index contributed by atoms with van der Waals surface area (Å²) in [5, 5.41) is 9.16. The van der Waals surface area contributed by atoms with Gasteiger partial charge in [0.15, 0.2) is 6.10 Å². The Labute approximate surface area is 96.1 Å². The van der Waals surface area contributed by atoms with E-state index in [1.807, 2.05) is 39.0 Å². The first-order valence-corrected chi connectivity index (χ1v) is 5.42. The molecule has 3 nitrogen and oxygen atoms in total. The molecule has 0 spiro atoms. The SMILES string of the molecule is CCC(C)(C)OC(C(=O)O)c1ccccc1. The van der Waals surface area contributed by atoms with Crippen LogP contribution in [0.1, 0.15) is 38.9 Å². The molecule has 0 aliphatic carbocycles. The van der Waals surface area contributed by atoms with Crippen LogP contribution in [0.5, 0.6) is 0 Å². The quantitative estimate of drug-likeness (QED) is 0.833. The van der Waals surface area contributed by atoms with E-state index in [0.29, 0.717) is 5.56 Å². The van der Waals surface area contributed by atoms with E-state index in [4.69, 9.17) is 9.84 Å². The lowest BCUT2D eigenvalue weighted by Gasteiger charge is -2.28. The van der Waals surface area contributed by atoms with Gasteiger partial charge in [-0.3, -0.25) is 0 Å². The second-order valence-corrected chi connectivity index (χ2v) is 4.36. The van der Waals surface area contributed by atoms with Crippen LogP contribution >= 0.6 is 0 Å². The molecule has 0 bridgehead atoms. The van der Waals surface area contributed by atoms with Gasteiger partial charge in [0, 0.05) is 0 Å². The zero-order valence-corrected chi connectivity index (χ0v) is 9.93. The molecule has 1 aromatic carbocycles. The Kier molecular flexibility index (Phi) is 4.07. The highest BCUT2D eigenvalue weighted by Gasteiger charge is 2.28. The molecule has 88 valence electrons. The Balaban J connectivity index is 2.89. The molecule has 0 fully saturated rings. The fourth-order valence-electron chi connectivity index (χ4n) is 1.29. The number of aliphatic carboxylic acids is 1. The van der Waals surface area contributed by atoms with Crippen molar-refractivity contribution in [2.75, 3.05) is 0 Å². The molecule has 1 aromatic rings. The van der Waals surface area contributed by atoms with E-state index in [9.17, 15) is 4.79 Å². The summed E-state index contributed by atoms with van der Waals surface area (Å²) in [7, 11) is 0. The summed E-state index contributed by atoms with van der Waals surface area (Å²) in [6.07, 6.45) is -0.125. The maximum Gasteiger partial charge on any atom is 0.337 e. The number of rotatable bonds is 5. The number of hydrogen-bond acceptors (Lipinski definition) is 2. The third kappa shape index (κ3) is 3.35. The molecule has 0 aliphatic heterocycles. The topological polar surface area (TPSA) is 46.5 Å². The smallest absolute Gasteiger partial charge is 0.337 e. The summed E-state index contributed by atoms with van der Waals surface area (Å²) in [6.45, 7) is 5.77. The van der Waals surface area contributed by atoms with Crippen LogP contribution < -0.4 is 0 Å². The van der Waals surface area contributed by atoms with E-state index in [2.05, 4.69) is 0 Å². The molecule has 0 saturated carbocycles. The van der Waals surface area contributed by atoms with E-state index < -0.39 is 17.7 Å². The van der Waals surface area contributed by atoms with Crippen molar-refractivity contribution >= 4 is 5.97 Å². The Hall–Kier alpha value is -1.35. The van der Waals surface area contributed by atoms with Crippen LogP contribution in [0, 0.1) is 0 Å². The predicted octanol–water partition coefficient (Wildman–Crippen LogP) is 3.02. The molecule has 1 unspecified atom stereocenters. The average molecular weight is 222 g/mol. The van der Waals surface area contributed by atoms with Crippen LogP contribution in [0.4, 0.5) is 0 Å². The van der Waals surface area contributed by atoms with Crippen LogP contribution in [0.3, 0.4) is 0 Å². The van der Waals surface area contributed by atoms with Gasteiger partial charge in [-0.2, -0.15) is 0 Å². The minimum Gasteiger partial charge on any atom is -0.479 e. The molecule has 0 aromatic heterocycles. The van der Waals surface area contributed by atoms with E-state index >= 15 is 0 Å². The third-order valence-corrected chi connectivity index (χ3v) is 2.61. The molecule has 1 rings (SSSR count). The molecule has 1 atom stereocenters. The first-order valence-electron chi connectivity index (χ1n) is 5.42. The molecule has 0 amide bonds. The molecule has 0 radical (unpaired) electrons. The molecule has 0 saturated heterocycles. The average Bonchev–Trinajstić information content (AvgIpc) is 2.27. The Morgan fingerprint density at radius 1 is 1.38 bits per heavy atom. The number of benzene rings is 1. The number of carbonyl (C=O) groups is 1. The normalized spacial score (nSPS) is 13.4. The van der Waals surface area contributed by atoms with Gasteiger partial charge in [-0.15, -0.1) is 0 Å². The minimum absolute atomic E-state index is 0.432. The van der Waals surface area contributed by atoms with Crippen molar-refractivity contribution in [2.45, 2.75) is 38.9 Å². The van der Waals surface area contributed by atoms with Crippen molar-refractivity contribution in [1.29, 1.82) is 0 Å². The number of carboxylic acid groups (broad SMARTS) is 1. The van der Waals surface area contributed by atoms with Gasteiger partial charge in [0.05, 0.1) is 5.60 Å². The fraction of sp³-hybridized carbons (Fsp3) is 0.462. The first kappa shape index (κ1) is 12.7. The molecule has 3 heteroatoms. The lowest BCUT2D eigenvalue weighted by Crippen LogP contribution is -2.29. The van der Waals surface area contributed by atoms with Gasteiger partial charge < -0.3 is 9.84 Å². The van der Waals surface area contributed by atoms with Gasteiger partial charge in [0.2, 0.25) is 0 Å². The maximum atomic E-state index is 11.2. The van der Waals surface area contributed by atoms with Gasteiger partial charge in [0.1, 0.15) is 0 Å². The van der Waals surface area contributed by atoms with Crippen LogP contribution in [0.25, 0.3) is 0 Å². The summed E-state index contributed by atoms with van der Waals surface area (Å²) in [5.41, 5.74) is 0.246. The fourth-order valence-corrected chi connectivity index (χ4v) is 1.29. The van der Waals surface area contributed by atoms with Crippen molar-refractivity contribution < 1.29 is 14.6 Å². The summed E-state index contributed by atoms with van der Waals surface area (Å²) >= 11 is 0. The second kappa shape index (κ2) is 5.12. The third-order valence-electron chi connectivity index (χ3n) is 2.61. The van der Waals surface area contributed by atoms with Gasteiger partial charge in [0.25, 0.3) is 0 Å². The highest BCUT2D eigenvalue weighted by atomic mass is 16.5. The Morgan fingerprint density at radius 2 is 1.94 bits per heavy atom. The zero-order valence-electron chi connectivity index (χ0n) is 9.93. The monoisotopic (exact) mass is 222 g/mol. The lowest BCUT2D eigenvalue weighted by atomic mass is 10.0. The standard InChI is InChI=1S/C13H18O3/c1-4-13(2,3)16-11(12(14)15)10-8-6-5-7-9-10/h5-9,11H,4H2,1-3H3,(H,14,15). The van der Waals surface area contributed by atoms with Gasteiger partial charge in [-0.05, 0) is 25.8 Å². The highest BCUT2D eigenvalue weighted by Crippen LogP contribution is 2.26. The van der Waals surface area contributed by atoms with E-state index in [0.717, 1.165) is 6.42 Å². The summed E-state index contributed by atoms with van der Waals surface area (Å²) in [4.78, 5) is 11.2. The maximum absolute atomic E-state index is 11.2. The van der Waals surface area contributed by atoms with E-state index in [1.165, 1.54) is 0 Å². The van der Waals surface area contributed by atoms with Crippen LogP contribution in [0.15, 0.2) is 30.3 Å². The number of carboxylic acids is 1. The van der Waals surface area contributed by atoms with Gasteiger partial charge in [-0.1, -0.05) is 37.3 Å². The van der Waals surface area contributed by atoms with E-state index in [1.54, 1.807) is 12.1 Å². The molecule has 0 heterocycles. The van der Waals surface area contributed by atoms with Crippen LogP contribution in [0.2, 0.25) is 0 Å². The van der Waals surface area contributed by atoms with Crippen molar-refractivity contribution in [3.8, 4) is 0 Å². The van der Waals surface area contributed by atoms with Crippen LogP contribution in [-0.4, -0.2) is 16.7 Å². The molecule has 1 N–H and O–H groups in total.